The normalized spacial score (nSPS) is 46.1. The molecule has 2 rings (SSSR count). The number of hydrogen-bond donors (Lipinski definition) is 2. The minimum Gasteiger partial charge on any atom is -0.328 e. The average Bonchev–Trinajstić information content (AvgIpc) is 2.23. The first-order valence-electron chi connectivity index (χ1n) is 5.12. The molecule has 0 aromatic carbocycles. The second kappa shape index (κ2) is 3.18. The Hall–Kier alpha value is -0.130. The molecule has 1 heterocycles. The van der Waals surface area contributed by atoms with Crippen molar-refractivity contribution in [3.8, 4) is 0 Å². The van der Waals surface area contributed by atoms with Crippen LogP contribution in [-0.2, 0) is 9.84 Å². The highest BCUT2D eigenvalue weighted by Gasteiger charge is 2.41. The van der Waals surface area contributed by atoms with Crippen molar-refractivity contribution in [3.63, 3.8) is 0 Å². The van der Waals surface area contributed by atoms with E-state index in [0.717, 1.165) is 19.3 Å². The SMILES string of the molecule is CC1(NC2CC(N)C2)CCS(=O)(=O)C1. The van der Waals surface area contributed by atoms with Gasteiger partial charge < -0.3 is 11.1 Å². The maximum absolute atomic E-state index is 11.3. The smallest absolute Gasteiger partial charge is 0.152 e. The molecule has 14 heavy (non-hydrogen) atoms. The highest BCUT2D eigenvalue weighted by molar-refractivity contribution is 7.91. The molecular weight excluding hydrogens is 200 g/mol. The van der Waals surface area contributed by atoms with Gasteiger partial charge in [-0.1, -0.05) is 0 Å². The second-order valence-electron chi connectivity index (χ2n) is 4.98. The summed E-state index contributed by atoms with van der Waals surface area (Å²) in [6, 6.07) is 0.748. The number of sulfone groups is 1. The lowest BCUT2D eigenvalue weighted by atomic mass is 9.85. The lowest BCUT2D eigenvalue weighted by Crippen LogP contribution is -2.57. The van der Waals surface area contributed by atoms with Gasteiger partial charge in [-0.25, -0.2) is 8.42 Å². The van der Waals surface area contributed by atoms with Crippen LogP contribution in [0.1, 0.15) is 26.2 Å². The fourth-order valence-electron chi connectivity index (χ4n) is 2.40. The lowest BCUT2D eigenvalue weighted by molar-refractivity contribution is 0.229. The van der Waals surface area contributed by atoms with Crippen LogP contribution in [0.5, 0.6) is 0 Å². The van der Waals surface area contributed by atoms with Crippen LogP contribution in [-0.4, -0.2) is 37.5 Å². The van der Waals surface area contributed by atoms with Gasteiger partial charge in [0.2, 0.25) is 0 Å². The number of hydrogen-bond acceptors (Lipinski definition) is 4. The maximum atomic E-state index is 11.3. The number of rotatable bonds is 2. The van der Waals surface area contributed by atoms with Gasteiger partial charge in [0.05, 0.1) is 11.5 Å². The molecule has 0 aromatic heterocycles. The fourth-order valence-corrected chi connectivity index (χ4v) is 4.50. The van der Waals surface area contributed by atoms with Gasteiger partial charge in [0, 0.05) is 17.6 Å². The second-order valence-corrected chi connectivity index (χ2v) is 7.16. The minimum atomic E-state index is -2.79. The highest BCUT2D eigenvalue weighted by atomic mass is 32.2. The van der Waals surface area contributed by atoms with E-state index in [1.165, 1.54) is 0 Å². The summed E-state index contributed by atoms with van der Waals surface area (Å²) in [5.74, 6) is 0.612. The van der Waals surface area contributed by atoms with Crippen LogP contribution in [0, 0.1) is 0 Å². The van der Waals surface area contributed by atoms with Gasteiger partial charge in [-0.3, -0.25) is 0 Å². The van der Waals surface area contributed by atoms with Gasteiger partial charge in [0.1, 0.15) is 0 Å². The first-order valence-corrected chi connectivity index (χ1v) is 6.94. The first kappa shape index (κ1) is 10.4. The van der Waals surface area contributed by atoms with Crippen LogP contribution in [0.4, 0.5) is 0 Å². The van der Waals surface area contributed by atoms with Gasteiger partial charge in [0.25, 0.3) is 0 Å². The van der Waals surface area contributed by atoms with Crippen LogP contribution in [0.15, 0.2) is 0 Å². The standard InChI is InChI=1S/C9H18N2O2S/c1-9(2-3-14(12,13)6-9)11-8-4-7(10)5-8/h7-8,11H,2-6,10H2,1H3. The molecule has 5 heteroatoms. The van der Waals surface area contributed by atoms with E-state index in [4.69, 9.17) is 5.73 Å². The summed E-state index contributed by atoms with van der Waals surface area (Å²) in [6.45, 7) is 2.00. The molecule has 2 aliphatic rings. The van der Waals surface area contributed by atoms with Gasteiger partial charge in [-0.2, -0.15) is 0 Å². The van der Waals surface area contributed by atoms with Crippen molar-refractivity contribution < 1.29 is 8.42 Å². The summed E-state index contributed by atoms with van der Waals surface area (Å²) in [5.41, 5.74) is 5.48. The summed E-state index contributed by atoms with van der Waals surface area (Å²) in [4.78, 5) is 0. The van der Waals surface area contributed by atoms with Gasteiger partial charge >= 0.3 is 0 Å². The zero-order chi connectivity index (χ0) is 10.4. The van der Waals surface area contributed by atoms with Crippen molar-refractivity contribution in [3.05, 3.63) is 0 Å². The van der Waals surface area contributed by atoms with Gasteiger partial charge in [0.15, 0.2) is 9.84 Å². The molecule has 3 N–H and O–H groups in total. The molecule has 0 bridgehead atoms. The van der Waals surface area contributed by atoms with Crippen molar-refractivity contribution in [1.29, 1.82) is 0 Å². The van der Waals surface area contributed by atoms with Crippen molar-refractivity contribution in [2.24, 2.45) is 5.73 Å². The van der Waals surface area contributed by atoms with E-state index in [1.807, 2.05) is 6.92 Å². The molecule has 82 valence electrons. The van der Waals surface area contributed by atoms with E-state index >= 15 is 0 Å². The molecule has 0 spiro atoms. The summed E-state index contributed by atoms with van der Waals surface area (Å²) in [6.07, 6.45) is 2.70. The Morgan fingerprint density at radius 3 is 2.50 bits per heavy atom. The van der Waals surface area contributed by atoms with Crippen molar-refractivity contribution in [2.45, 2.75) is 43.8 Å². The van der Waals surface area contributed by atoms with E-state index in [0.29, 0.717) is 17.8 Å². The molecule has 1 unspecified atom stereocenters. The summed E-state index contributed by atoms with van der Waals surface area (Å²) in [5, 5.41) is 3.42. The van der Waals surface area contributed by atoms with E-state index in [2.05, 4.69) is 5.32 Å². The predicted molar refractivity (Wildman–Crippen MR) is 55.8 cm³/mol. The molecule has 0 radical (unpaired) electrons. The Morgan fingerprint density at radius 1 is 1.43 bits per heavy atom. The van der Waals surface area contributed by atoms with Crippen molar-refractivity contribution in [1.82, 2.24) is 5.32 Å². The Balaban J connectivity index is 1.92. The van der Waals surface area contributed by atoms with Crippen LogP contribution >= 0.6 is 0 Å². The van der Waals surface area contributed by atoms with Crippen LogP contribution in [0.25, 0.3) is 0 Å². The molecule has 2 fully saturated rings. The van der Waals surface area contributed by atoms with Crippen molar-refractivity contribution >= 4 is 9.84 Å². The van der Waals surface area contributed by atoms with Crippen LogP contribution < -0.4 is 11.1 Å². The van der Waals surface area contributed by atoms with Crippen molar-refractivity contribution in [2.75, 3.05) is 11.5 Å². The zero-order valence-corrected chi connectivity index (χ0v) is 9.31. The maximum Gasteiger partial charge on any atom is 0.152 e. The zero-order valence-electron chi connectivity index (χ0n) is 8.49. The topological polar surface area (TPSA) is 72.2 Å². The number of nitrogens with two attached hydrogens (primary N) is 1. The van der Waals surface area contributed by atoms with Gasteiger partial charge in [-0.05, 0) is 26.2 Å². The molecule has 1 aliphatic heterocycles. The molecule has 1 saturated carbocycles. The average molecular weight is 218 g/mol. The molecule has 1 atom stereocenters. The van der Waals surface area contributed by atoms with Gasteiger partial charge in [-0.15, -0.1) is 0 Å². The molecule has 4 nitrogen and oxygen atoms in total. The van der Waals surface area contributed by atoms with E-state index in [1.54, 1.807) is 0 Å². The lowest BCUT2D eigenvalue weighted by Gasteiger charge is -2.39. The van der Waals surface area contributed by atoms with E-state index < -0.39 is 9.84 Å². The molecular formula is C9H18N2O2S. The molecule has 1 aliphatic carbocycles. The first-order chi connectivity index (χ1) is 6.39. The summed E-state index contributed by atoms with van der Waals surface area (Å²) < 4.78 is 22.7. The summed E-state index contributed by atoms with van der Waals surface area (Å²) >= 11 is 0. The predicted octanol–water partition coefficient (Wildman–Crippen LogP) is -0.357. The minimum absolute atomic E-state index is 0.205. The molecule has 0 aromatic rings. The van der Waals surface area contributed by atoms with E-state index in [9.17, 15) is 8.42 Å². The fraction of sp³-hybridized carbons (Fsp3) is 1.00. The monoisotopic (exact) mass is 218 g/mol. The van der Waals surface area contributed by atoms with E-state index in [-0.39, 0.29) is 11.3 Å². The Kier molecular flexibility index (Phi) is 2.36. The Morgan fingerprint density at radius 2 is 2.07 bits per heavy atom. The Labute approximate surface area is 85.2 Å². The molecule has 0 amide bonds. The third-order valence-electron chi connectivity index (χ3n) is 3.23. The van der Waals surface area contributed by atoms with Crippen LogP contribution in [0.2, 0.25) is 0 Å². The summed E-state index contributed by atoms with van der Waals surface area (Å²) in [7, 11) is -2.79. The number of nitrogens with one attached hydrogen (secondary N) is 1. The molecule has 1 saturated heterocycles. The quantitative estimate of drug-likeness (QED) is 0.664. The largest absolute Gasteiger partial charge is 0.328 e. The Bertz CT molecular complexity index is 322. The third kappa shape index (κ3) is 2.10. The van der Waals surface area contributed by atoms with Crippen LogP contribution in [0.3, 0.4) is 0 Å². The highest BCUT2D eigenvalue weighted by Crippen LogP contribution is 2.27. The third-order valence-corrected chi connectivity index (χ3v) is 5.13.